The van der Waals surface area contributed by atoms with E-state index in [0.29, 0.717) is 4.75 Å². The molecule has 2 N–H and O–H groups in total. The molecule has 2 unspecified atom stereocenters. The Morgan fingerprint density at radius 3 is 3.13 bits per heavy atom. The van der Waals surface area contributed by atoms with E-state index >= 15 is 0 Å². The molecule has 2 rings (SSSR count). The molecule has 0 aromatic rings. The van der Waals surface area contributed by atoms with Crippen molar-refractivity contribution in [1.82, 2.24) is 4.90 Å². The average Bonchev–Trinajstić information content (AvgIpc) is 2.17. The van der Waals surface area contributed by atoms with Crippen molar-refractivity contribution >= 4 is 11.8 Å². The van der Waals surface area contributed by atoms with Gasteiger partial charge < -0.3 is 10.6 Å². The van der Waals surface area contributed by atoms with Crippen LogP contribution in [0, 0.1) is 5.92 Å². The van der Waals surface area contributed by atoms with Gasteiger partial charge >= 0.3 is 0 Å². The van der Waals surface area contributed by atoms with Gasteiger partial charge in [0.25, 0.3) is 0 Å². The quantitative estimate of drug-likeness (QED) is 0.783. The molecule has 0 radical (unpaired) electrons. The van der Waals surface area contributed by atoms with Crippen molar-refractivity contribution in [2.75, 3.05) is 32.4 Å². The maximum atomic E-state index is 5.69. The third kappa shape index (κ3) is 2.89. The second-order valence-electron chi connectivity index (χ2n) is 5.31. The zero-order valence-corrected chi connectivity index (χ0v) is 10.7. The summed E-state index contributed by atoms with van der Waals surface area (Å²) in [6, 6.07) is 0. The highest BCUT2D eigenvalue weighted by Crippen LogP contribution is 2.45. The predicted octanol–water partition coefficient (Wildman–Crippen LogP) is 1.94. The lowest BCUT2D eigenvalue weighted by atomic mass is 9.84. The van der Waals surface area contributed by atoms with E-state index < -0.39 is 0 Å². The summed E-state index contributed by atoms with van der Waals surface area (Å²) >= 11 is 2.24. The maximum absolute atomic E-state index is 5.69. The second-order valence-corrected chi connectivity index (χ2v) is 6.87. The third-order valence-electron chi connectivity index (χ3n) is 3.90. The molecule has 2 aliphatic heterocycles. The molecule has 2 heterocycles. The van der Waals surface area contributed by atoms with Gasteiger partial charge in [0.1, 0.15) is 0 Å². The lowest BCUT2D eigenvalue weighted by molar-refractivity contribution is 0.199. The van der Waals surface area contributed by atoms with Gasteiger partial charge in [0.2, 0.25) is 0 Å². The van der Waals surface area contributed by atoms with E-state index in [1.54, 1.807) is 0 Å². The Morgan fingerprint density at radius 1 is 1.53 bits per heavy atom. The molecule has 0 aromatic heterocycles. The van der Waals surface area contributed by atoms with Crippen molar-refractivity contribution in [2.24, 2.45) is 11.7 Å². The van der Waals surface area contributed by atoms with Gasteiger partial charge in [-0.1, -0.05) is 0 Å². The van der Waals surface area contributed by atoms with Gasteiger partial charge in [-0.15, -0.1) is 0 Å². The summed E-state index contributed by atoms with van der Waals surface area (Å²) < 4.78 is 0.588. The van der Waals surface area contributed by atoms with E-state index in [4.69, 9.17) is 5.73 Å². The minimum atomic E-state index is 0.588. The fourth-order valence-electron chi connectivity index (χ4n) is 3.22. The lowest BCUT2D eigenvalue weighted by Gasteiger charge is -2.46. The minimum absolute atomic E-state index is 0.588. The van der Waals surface area contributed by atoms with Crippen LogP contribution in [0.4, 0.5) is 0 Å². The first kappa shape index (κ1) is 11.7. The van der Waals surface area contributed by atoms with Crippen molar-refractivity contribution in [3.8, 4) is 0 Å². The third-order valence-corrected chi connectivity index (χ3v) is 5.45. The Bertz CT molecular complexity index is 204. The molecule has 0 aromatic carbocycles. The van der Waals surface area contributed by atoms with Gasteiger partial charge in [-0.05, 0) is 63.9 Å². The summed E-state index contributed by atoms with van der Waals surface area (Å²) in [4.78, 5) is 2.52. The monoisotopic (exact) mass is 228 g/mol. The molecule has 2 atom stereocenters. The fourth-order valence-corrected chi connectivity index (χ4v) is 5.05. The Labute approximate surface area is 98.0 Å². The predicted molar refractivity (Wildman–Crippen MR) is 68.3 cm³/mol. The van der Waals surface area contributed by atoms with Gasteiger partial charge in [-0.2, -0.15) is 11.8 Å². The molecule has 2 fully saturated rings. The van der Waals surface area contributed by atoms with Gasteiger partial charge in [-0.25, -0.2) is 0 Å². The lowest BCUT2D eigenvalue weighted by Crippen LogP contribution is -2.47. The molecular weight excluding hydrogens is 204 g/mol. The van der Waals surface area contributed by atoms with E-state index in [2.05, 4.69) is 23.7 Å². The first-order chi connectivity index (χ1) is 7.24. The van der Waals surface area contributed by atoms with Crippen LogP contribution in [0.2, 0.25) is 0 Å². The first-order valence-electron chi connectivity index (χ1n) is 6.27. The Balaban J connectivity index is 1.94. The number of hydrogen-bond acceptors (Lipinski definition) is 3. The van der Waals surface area contributed by atoms with Crippen LogP contribution < -0.4 is 5.73 Å². The van der Waals surface area contributed by atoms with Crippen molar-refractivity contribution in [3.63, 3.8) is 0 Å². The summed E-state index contributed by atoms with van der Waals surface area (Å²) in [6.45, 7) is 3.48. The zero-order valence-electron chi connectivity index (χ0n) is 9.87. The standard InChI is InChI=1S/C12H24N2S/c1-14-7-2-5-12(10-14)9-11(3-6-13)4-8-15-12/h11H,2-10,13H2,1H3. The van der Waals surface area contributed by atoms with Crippen molar-refractivity contribution < 1.29 is 0 Å². The molecule has 0 saturated carbocycles. The number of rotatable bonds is 2. The summed E-state index contributed by atoms with van der Waals surface area (Å²) in [6.07, 6.45) is 6.88. The first-order valence-corrected chi connectivity index (χ1v) is 7.25. The molecular formula is C12H24N2S. The number of nitrogens with zero attached hydrogens (tertiary/aromatic N) is 1. The highest BCUT2D eigenvalue weighted by Gasteiger charge is 2.39. The zero-order chi connectivity index (χ0) is 10.7. The highest BCUT2D eigenvalue weighted by molar-refractivity contribution is 8.00. The Morgan fingerprint density at radius 2 is 2.40 bits per heavy atom. The Kier molecular flexibility index (Phi) is 3.97. The van der Waals surface area contributed by atoms with Crippen LogP contribution in [0.25, 0.3) is 0 Å². The molecule has 2 saturated heterocycles. The summed E-state index contributed by atoms with van der Waals surface area (Å²) in [7, 11) is 2.27. The normalized spacial score (nSPS) is 38.4. The summed E-state index contributed by atoms with van der Waals surface area (Å²) in [5.41, 5.74) is 5.69. The number of thioether (sulfide) groups is 1. The van der Waals surface area contributed by atoms with E-state index in [1.165, 1.54) is 50.9 Å². The van der Waals surface area contributed by atoms with Crippen molar-refractivity contribution in [1.29, 1.82) is 0 Å². The SMILES string of the molecule is CN1CCCC2(CC(CCN)CCS2)C1. The van der Waals surface area contributed by atoms with Gasteiger partial charge in [-0.3, -0.25) is 0 Å². The number of hydrogen-bond donors (Lipinski definition) is 1. The molecule has 2 nitrogen and oxygen atoms in total. The van der Waals surface area contributed by atoms with E-state index in [-0.39, 0.29) is 0 Å². The Hall–Kier alpha value is 0.270. The molecule has 1 spiro atoms. The molecule has 0 amide bonds. The fraction of sp³-hybridized carbons (Fsp3) is 1.00. The van der Waals surface area contributed by atoms with Gasteiger partial charge in [0, 0.05) is 11.3 Å². The second kappa shape index (κ2) is 5.07. The number of piperidine rings is 1. The molecule has 88 valence electrons. The molecule has 2 aliphatic rings. The molecule has 15 heavy (non-hydrogen) atoms. The van der Waals surface area contributed by atoms with Crippen LogP contribution in [0.5, 0.6) is 0 Å². The van der Waals surface area contributed by atoms with E-state index in [9.17, 15) is 0 Å². The van der Waals surface area contributed by atoms with E-state index in [0.717, 1.165) is 12.5 Å². The van der Waals surface area contributed by atoms with Crippen LogP contribution in [-0.2, 0) is 0 Å². The van der Waals surface area contributed by atoms with E-state index in [1.807, 2.05) is 0 Å². The van der Waals surface area contributed by atoms with Gasteiger partial charge in [0.05, 0.1) is 0 Å². The average molecular weight is 228 g/mol. The largest absolute Gasteiger partial charge is 0.330 e. The molecule has 0 bridgehead atoms. The summed E-state index contributed by atoms with van der Waals surface area (Å²) in [5.74, 6) is 2.26. The smallest absolute Gasteiger partial charge is 0.0290 e. The van der Waals surface area contributed by atoms with Crippen LogP contribution >= 0.6 is 11.8 Å². The van der Waals surface area contributed by atoms with Crippen LogP contribution in [-0.4, -0.2) is 42.1 Å². The van der Waals surface area contributed by atoms with Crippen LogP contribution in [0.15, 0.2) is 0 Å². The number of nitrogens with two attached hydrogens (primary N) is 1. The highest BCUT2D eigenvalue weighted by atomic mass is 32.2. The van der Waals surface area contributed by atoms with Crippen LogP contribution in [0.1, 0.15) is 32.1 Å². The van der Waals surface area contributed by atoms with Crippen molar-refractivity contribution in [3.05, 3.63) is 0 Å². The summed E-state index contributed by atoms with van der Waals surface area (Å²) in [5, 5.41) is 0. The van der Waals surface area contributed by atoms with Crippen LogP contribution in [0.3, 0.4) is 0 Å². The molecule has 0 aliphatic carbocycles. The topological polar surface area (TPSA) is 29.3 Å². The van der Waals surface area contributed by atoms with Crippen molar-refractivity contribution in [2.45, 2.75) is 36.9 Å². The van der Waals surface area contributed by atoms with Gasteiger partial charge in [0.15, 0.2) is 0 Å². The maximum Gasteiger partial charge on any atom is 0.0290 e. The molecule has 3 heteroatoms. The number of likely N-dealkylation sites (tertiary alicyclic amines) is 1. The minimum Gasteiger partial charge on any atom is -0.330 e.